The van der Waals surface area contributed by atoms with E-state index < -0.39 is 0 Å². The molecule has 0 saturated heterocycles. The molecule has 0 spiro atoms. The predicted molar refractivity (Wildman–Crippen MR) is 89.3 cm³/mol. The van der Waals surface area contributed by atoms with Gasteiger partial charge in [-0.3, -0.25) is 4.79 Å². The van der Waals surface area contributed by atoms with Gasteiger partial charge in [0.15, 0.2) is 0 Å². The molecule has 21 heavy (non-hydrogen) atoms. The molecule has 0 fully saturated rings. The highest BCUT2D eigenvalue weighted by Gasteiger charge is 2.15. The molecule has 0 aromatic carbocycles. The number of rotatable bonds is 11. The lowest BCUT2D eigenvalue weighted by atomic mass is 9.93. The summed E-state index contributed by atoms with van der Waals surface area (Å²) in [4.78, 5) is 11.0. The summed E-state index contributed by atoms with van der Waals surface area (Å²) >= 11 is 0. The Morgan fingerprint density at radius 1 is 1.10 bits per heavy atom. The van der Waals surface area contributed by atoms with E-state index in [1.165, 1.54) is 89.5 Å². The highest BCUT2D eigenvalue weighted by Crippen LogP contribution is 2.24. The van der Waals surface area contributed by atoms with Crippen LogP contribution < -0.4 is 0 Å². The first-order valence-electron chi connectivity index (χ1n) is 9.09. The van der Waals surface area contributed by atoms with Gasteiger partial charge in [0, 0.05) is 6.92 Å². The Morgan fingerprint density at radius 2 is 1.71 bits per heavy atom. The van der Waals surface area contributed by atoms with Crippen LogP contribution in [0.2, 0.25) is 0 Å². The monoisotopic (exact) mass is 294 g/mol. The summed E-state index contributed by atoms with van der Waals surface area (Å²) in [5.41, 5.74) is 1.51. The van der Waals surface area contributed by atoms with Crippen LogP contribution in [0.3, 0.4) is 0 Å². The molecule has 1 atom stereocenters. The van der Waals surface area contributed by atoms with Crippen molar-refractivity contribution in [2.24, 2.45) is 0 Å². The number of esters is 1. The SMILES string of the molecule is CCCCCCCCCCCC1=CC(OC(C)=O)CCC1. The van der Waals surface area contributed by atoms with E-state index in [0.717, 1.165) is 6.42 Å². The number of ether oxygens (including phenoxy) is 1. The molecule has 2 heteroatoms. The fourth-order valence-corrected chi connectivity index (χ4v) is 3.14. The van der Waals surface area contributed by atoms with Gasteiger partial charge in [-0.1, -0.05) is 63.9 Å². The zero-order valence-corrected chi connectivity index (χ0v) is 14.2. The maximum atomic E-state index is 11.0. The molecule has 0 saturated carbocycles. The van der Waals surface area contributed by atoms with E-state index >= 15 is 0 Å². The summed E-state index contributed by atoms with van der Waals surface area (Å²) in [6.45, 7) is 3.77. The molecular weight excluding hydrogens is 260 g/mol. The molecule has 0 aromatic heterocycles. The Balaban J connectivity index is 2.01. The Kier molecular flexibility index (Phi) is 10.3. The second-order valence-electron chi connectivity index (χ2n) is 6.44. The summed E-state index contributed by atoms with van der Waals surface area (Å²) in [5.74, 6) is -0.152. The number of allylic oxidation sites excluding steroid dienone is 1. The largest absolute Gasteiger partial charge is 0.458 e. The summed E-state index contributed by atoms with van der Waals surface area (Å²) in [6.07, 6.45) is 19.2. The van der Waals surface area contributed by atoms with Gasteiger partial charge in [-0.15, -0.1) is 0 Å². The molecule has 1 unspecified atom stereocenters. The minimum atomic E-state index is -0.152. The van der Waals surface area contributed by atoms with Gasteiger partial charge in [-0.05, 0) is 38.2 Å². The van der Waals surface area contributed by atoms with Gasteiger partial charge in [0.05, 0.1) is 0 Å². The molecule has 2 nitrogen and oxygen atoms in total. The highest BCUT2D eigenvalue weighted by molar-refractivity contribution is 5.66. The lowest BCUT2D eigenvalue weighted by molar-refractivity contribution is -0.144. The van der Waals surface area contributed by atoms with E-state index in [2.05, 4.69) is 13.0 Å². The van der Waals surface area contributed by atoms with Crippen molar-refractivity contribution in [3.05, 3.63) is 11.6 Å². The molecular formula is C19H34O2. The second kappa shape index (κ2) is 11.8. The van der Waals surface area contributed by atoms with Crippen LogP contribution in [-0.2, 0) is 9.53 Å². The van der Waals surface area contributed by atoms with Gasteiger partial charge in [-0.2, -0.15) is 0 Å². The first-order chi connectivity index (χ1) is 10.2. The highest BCUT2D eigenvalue weighted by atomic mass is 16.5. The summed E-state index contributed by atoms with van der Waals surface area (Å²) in [6, 6.07) is 0. The van der Waals surface area contributed by atoms with Crippen molar-refractivity contribution < 1.29 is 9.53 Å². The topological polar surface area (TPSA) is 26.3 Å². The molecule has 0 aromatic rings. The fourth-order valence-electron chi connectivity index (χ4n) is 3.14. The summed E-state index contributed by atoms with van der Waals surface area (Å²) in [7, 11) is 0. The van der Waals surface area contributed by atoms with Crippen molar-refractivity contribution >= 4 is 5.97 Å². The molecule has 0 bridgehead atoms. The van der Waals surface area contributed by atoms with E-state index in [0.29, 0.717) is 0 Å². The quantitative estimate of drug-likeness (QED) is 0.267. The lowest BCUT2D eigenvalue weighted by Gasteiger charge is -2.20. The van der Waals surface area contributed by atoms with Crippen molar-refractivity contribution in [3.63, 3.8) is 0 Å². The smallest absolute Gasteiger partial charge is 0.303 e. The third-order valence-electron chi connectivity index (χ3n) is 4.33. The van der Waals surface area contributed by atoms with Crippen LogP contribution in [0.4, 0.5) is 0 Å². The zero-order valence-electron chi connectivity index (χ0n) is 14.2. The van der Waals surface area contributed by atoms with Crippen molar-refractivity contribution in [2.45, 2.75) is 103 Å². The van der Waals surface area contributed by atoms with Crippen molar-refractivity contribution in [3.8, 4) is 0 Å². The van der Waals surface area contributed by atoms with Gasteiger partial charge in [-0.25, -0.2) is 0 Å². The molecule has 122 valence electrons. The fraction of sp³-hybridized carbons (Fsp3) is 0.842. The van der Waals surface area contributed by atoms with Crippen LogP contribution in [0.5, 0.6) is 0 Å². The number of unbranched alkanes of at least 4 members (excludes halogenated alkanes) is 8. The van der Waals surface area contributed by atoms with Crippen molar-refractivity contribution in [2.75, 3.05) is 0 Å². The van der Waals surface area contributed by atoms with E-state index in [1.807, 2.05) is 0 Å². The normalized spacial score (nSPS) is 18.4. The van der Waals surface area contributed by atoms with Crippen LogP contribution in [0.1, 0.15) is 97.3 Å². The van der Waals surface area contributed by atoms with E-state index in [4.69, 9.17) is 4.74 Å². The van der Waals surface area contributed by atoms with Gasteiger partial charge >= 0.3 is 5.97 Å². The molecule has 0 amide bonds. The maximum Gasteiger partial charge on any atom is 0.303 e. The standard InChI is InChI=1S/C19H34O2/c1-3-4-5-6-7-8-9-10-11-13-18-14-12-15-19(16-18)21-17(2)20/h16,19H,3-15H2,1-2H3. The van der Waals surface area contributed by atoms with Gasteiger partial charge in [0.25, 0.3) is 0 Å². The second-order valence-corrected chi connectivity index (χ2v) is 6.44. The number of carbonyl (C=O) groups is 1. The average Bonchev–Trinajstić information content (AvgIpc) is 2.45. The predicted octanol–water partition coefficient (Wildman–Crippen LogP) is 5.95. The molecule has 1 aliphatic rings. The van der Waals surface area contributed by atoms with Crippen LogP contribution >= 0.6 is 0 Å². The molecule has 0 radical (unpaired) electrons. The third-order valence-corrected chi connectivity index (χ3v) is 4.33. The molecule has 0 aliphatic heterocycles. The molecule has 1 rings (SSSR count). The number of hydrogen-bond donors (Lipinski definition) is 0. The minimum absolute atomic E-state index is 0.0461. The average molecular weight is 294 g/mol. The first-order valence-corrected chi connectivity index (χ1v) is 9.09. The van der Waals surface area contributed by atoms with E-state index in [9.17, 15) is 4.79 Å². The summed E-state index contributed by atoms with van der Waals surface area (Å²) < 4.78 is 5.30. The van der Waals surface area contributed by atoms with Gasteiger partial charge < -0.3 is 4.74 Å². The Labute approximate surface area is 131 Å². The first kappa shape index (κ1) is 18.3. The Hall–Kier alpha value is -0.790. The molecule has 1 aliphatic carbocycles. The Morgan fingerprint density at radius 3 is 2.33 bits per heavy atom. The van der Waals surface area contributed by atoms with Crippen LogP contribution in [0.15, 0.2) is 11.6 Å². The van der Waals surface area contributed by atoms with E-state index in [1.54, 1.807) is 0 Å². The number of hydrogen-bond acceptors (Lipinski definition) is 2. The van der Waals surface area contributed by atoms with Gasteiger partial charge in [0.1, 0.15) is 6.10 Å². The minimum Gasteiger partial charge on any atom is -0.458 e. The maximum absolute atomic E-state index is 11.0. The van der Waals surface area contributed by atoms with Crippen molar-refractivity contribution in [1.82, 2.24) is 0 Å². The molecule has 0 heterocycles. The van der Waals surface area contributed by atoms with Crippen LogP contribution in [0.25, 0.3) is 0 Å². The summed E-state index contributed by atoms with van der Waals surface area (Å²) in [5, 5.41) is 0. The van der Waals surface area contributed by atoms with Crippen LogP contribution in [0, 0.1) is 0 Å². The van der Waals surface area contributed by atoms with Crippen LogP contribution in [-0.4, -0.2) is 12.1 Å². The molecule has 0 N–H and O–H groups in total. The van der Waals surface area contributed by atoms with E-state index in [-0.39, 0.29) is 12.1 Å². The van der Waals surface area contributed by atoms with Crippen molar-refractivity contribution in [1.29, 1.82) is 0 Å². The zero-order chi connectivity index (χ0) is 15.3. The Bertz CT molecular complexity index is 307. The third kappa shape index (κ3) is 9.71. The lowest BCUT2D eigenvalue weighted by Crippen LogP contribution is -2.17. The number of carbonyl (C=O) groups excluding carboxylic acids is 1. The van der Waals surface area contributed by atoms with Gasteiger partial charge in [0.2, 0.25) is 0 Å².